The van der Waals surface area contributed by atoms with Crippen LogP contribution in [0.4, 0.5) is 5.69 Å². The molecular weight excluding hydrogens is 354 g/mol. The Morgan fingerprint density at radius 1 is 1.33 bits per heavy atom. The highest BCUT2D eigenvalue weighted by Gasteiger charge is 2.20. The molecule has 1 heterocycles. The van der Waals surface area contributed by atoms with E-state index in [0.717, 1.165) is 27.8 Å². The summed E-state index contributed by atoms with van der Waals surface area (Å²) in [5.74, 6) is 0.791. The Hall–Kier alpha value is -1.52. The van der Waals surface area contributed by atoms with E-state index in [0.29, 0.717) is 22.9 Å². The summed E-state index contributed by atoms with van der Waals surface area (Å²) in [6, 6.07) is 8.89. The topological polar surface area (TPSA) is 52.3 Å². The van der Waals surface area contributed by atoms with Gasteiger partial charge in [0, 0.05) is 39.2 Å². The van der Waals surface area contributed by atoms with Crippen molar-refractivity contribution in [2.75, 3.05) is 12.3 Å². The smallest absolute Gasteiger partial charge is 0.169 e. The number of ketones is 1. The molecule has 0 radical (unpaired) electrons. The second-order valence-electron chi connectivity index (χ2n) is 4.98. The molecule has 0 saturated carbocycles. The van der Waals surface area contributed by atoms with E-state index in [1.54, 1.807) is 18.2 Å². The van der Waals surface area contributed by atoms with Crippen molar-refractivity contribution in [2.24, 2.45) is 0 Å². The molecule has 1 aliphatic rings. The van der Waals surface area contributed by atoms with Gasteiger partial charge in [-0.2, -0.15) is 0 Å². The Kier molecular flexibility index (Phi) is 3.91. The number of hydrogen-bond acceptors (Lipinski definition) is 3. The summed E-state index contributed by atoms with van der Waals surface area (Å²) in [6.45, 7) is 0.663. The van der Waals surface area contributed by atoms with Gasteiger partial charge in [-0.1, -0.05) is 27.5 Å². The van der Waals surface area contributed by atoms with Gasteiger partial charge in [0.25, 0.3) is 0 Å². The molecule has 0 amide bonds. The number of Topliss-reactive ketones (excluding diaryl/α,β-unsaturated/α-hetero) is 1. The molecule has 0 spiro atoms. The minimum absolute atomic E-state index is 0.0417. The summed E-state index contributed by atoms with van der Waals surface area (Å²) < 4.78 is 6.60. The number of carbonyl (C=O) groups is 1. The summed E-state index contributed by atoms with van der Waals surface area (Å²) in [7, 11) is 0. The Balaban J connectivity index is 1.92. The van der Waals surface area contributed by atoms with Gasteiger partial charge in [-0.05, 0) is 35.9 Å². The van der Waals surface area contributed by atoms with Crippen LogP contribution in [0.25, 0.3) is 0 Å². The quantitative estimate of drug-likeness (QED) is 0.659. The van der Waals surface area contributed by atoms with Gasteiger partial charge in [0.2, 0.25) is 0 Å². The number of fused-ring (bicyclic) bond motifs is 1. The second-order valence-corrected chi connectivity index (χ2v) is 6.34. The fourth-order valence-corrected chi connectivity index (χ4v) is 3.27. The van der Waals surface area contributed by atoms with Crippen LogP contribution in [0.2, 0.25) is 5.02 Å². The predicted octanol–water partition coefficient (Wildman–Crippen LogP) is 4.05. The lowest BCUT2D eigenvalue weighted by atomic mass is 9.99. The zero-order chi connectivity index (χ0) is 15.0. The molecule has 108 valence electrons. The lowest BCUT2D eigenvalue weighted by Gasteiger charge is -2.10. The van der Waals surface area contributed by atoms with E-state index in [1.165, 1.54) is 0 Å². The predicted molar refractivity (Wildman–Crippen MR) is 87.2 cm³/mol. The van der Waals surface area contributed by atoms with Crippen LogP contribution in [-0.2, 0) is 12.8 Å². The van der Waals surface area contributed by atoms with E-state index in [-0.39, 0.29) is 12.2 Å². The summed E-state index contributed by atoms with van der Waals surface area (Å²) in [5.41, 5.74) is 8.79. The number of benzene rings is 2. The average molecular weight is 367 g/mol. The van der Waals surface area contributed by atoms with Crippen LogP contribution in [0.15, 0.2) is 34.8 Å². The number of ether oxygens (including phenoxy) is 1. The lowest BCUT2D eigenvalue weighted by molar-refractivity contribution is 0.0993. The zero-order valence-electron chi connectivity index (χ0n) is 11.2. The molecule has 3 rings (SSSR count). The van der Waals surface area contributed by atoms with Crippen LogP contribution in [0.3, 0.4) is 0 Å². The fourth-order valence-electron chi connectivity index (χ4n) is 2.53. The van der Waals surface area contributed by atoms with E-state index >= 15 is 0 Å². The van der Waals surface area contributed by atoms with Gasteiger partial charge in [-0.3, -0.25) is 4.79 Å². The standard InChI is InChI=1S/C16H13BrClNO2/c17-11-5-9-3-4-21-16(9)10(6-11)7-15(20)13-2-1-12(18)8-14(13)19/h1-2,5-6,8H,3-4,7,19H2. The van der Waals surface area contributed by atoms with E-state index in [2.05, 4.69) is 15.9 Å². The third kappa shape index (κ3) is 2.92. The minimum Gasteiger partial charge on any atom is -0.493 e. The number of nitrogens with two attached hydrogens (primary N) is 1. The molecule has 21 heavy (non-hydrogen) atoms. The number of nitrogen functional groups attached to an aromatic ring is 1. The van der Waals surface area contributed by atoms with Crippen LogP contribution in [-0.4, -0.2) is 12.4 Å². The molecule has 2 aromatic carbocycles. The van der Waals surface area contributed by atoms with Crippen molar-refractivity contribution in [3.8, 4) is 5.75 Å². The van der Waals surface area contributed by atoms with Crippen LogP contribution < -0.4 is 10.5 Å². The van der Waals surface area contributed by atoms with Gasteiger partial charge >= 0.3 is 0 Å². The number of carbonyl (C=O) groups excluding carboxylic acids is 1. The van der Waals surface area contributed by atoms with E-state index < -0.39 is 0 Å². The second kappa shape index (κ2) is 5.70. The third-order valence-electron chi connectivity index (χ3n) is 3.49. The first-order chi connectivity index (χ1) is 10.0. The molecular formula is C16H13BrClNO2. The first-order valence-electron chi connectivity index (χ1n) is 6.57. The molecule has 2 aromatic rings. The summed E-state index contributed by atoms with van der Waals surface area (Å²) >= 11 is 9.34. The molecule has 0 bridgehead atoms. The van der Waals surface area contributed by atoms with E-state index in [4.69, 9.17) is 22.1 Å². The molecule has 0 aliphatic carbocycles. The molecule has 5 heteroatoms. The van der Waals surface area contributed by atoms with Crippen LogP contribution in [0.5, 0.6) is 5.75 Å². The Labute approximate surface area is 136 Å². The highest BCUT2D eigenvalue weighted by molar-refractivity contribution is 9.10. The van der Waals surface area contributed by atoms with E-state index in [1.807, 2.05) is 12.1 Å². The van der Waals surface area contributed by atoms with Crippen LogP contribution in [0.1, 0.15) is 21.5 Å². The SMILES string of the molecule is Nc1cc(Cl)ccc1C(=O)Cc1cc(Br)cc2c1OCC2. The van der Waals surface area contributed by atoms with Gasteiger partial charge in [-0.15, -0.1) is 0 Å². The van der Waals surface area contributed by atoms with E-state index in [9.17, 15) is 4.79 Å². The van der Waals surface area contributed by atoms with Crippen molar-refractivity contribution in [2.45, 2.75) is 12.8 Å². The van der Waals surface area contributed by atoms with Crippen molar-refractivity contribution in [1.29, 1.82) is 0 Å². The maximum atomic E-state index is 12.5. The molecule has 0 fully saturated rings. The first kappa shape index (κ1) is 14.4. The van der Waals surface area contributed by atoms with Crippen molar-refractivity contribution >= 4 is 39.0 Å². The summed E-state index contributed by atoms with van der Waals surface area (Å²) in [6.07, 6.45) is 1.13. The van der Waals surface area contributed by atoms with Gasteiger partial charge in [0.15, 0.2) is 5.78 Å². The minimum atomic E-state index is -0.0417. The largest absolute Gasteiger partial charge is 0.493 e. The van der Waals surface area contributed by atoms with Gasteiger partial charge in [0.05, 0.1) is 6.61 Å². The van der Waals surface area contributed by atoms with Crippen molar-refractivity contribution in [3.63, 3.8) is 0 Å². The normalized spacial score (nSPS) is 12.9. The summed E-state index contributed by atoms with van der Waals surface area (Å²) in [4.78, 5) is 12.5. The van der Waals surface area contributed by atoms with Gasteiger partial charge in [-0.25, -0.2) is 0 Å². The number of halogens is 2. The highest BCUT2D eigenvalue weighted by Crippen LogP contribution is 2.34. The molecule has 0 atom stereocenters. The van der Waals surface area contributed by atoms with Crippen LogP contribution in [0, 0.1) is 0 Å². The van der Waals surface area contributed by atoms with Crippen LogP contribution >= 0.6 is 27.5 Å². The maximum absolute atomic E-state index is 12.5. The first-order valence-corrected chi connectivity index (χ1v) is 7.74. The number of anilines is 1. The molecule has 2 N–H and O–H groups in total. The molecule has 0 unspecified atom stereocenters. The van der Waals surface area contributed by atoms with Gasteiger partial charge < -0.3 is 10.5 Å². The molecule has 1 aliphatic heterocycles. The molecule has 3 nitrogen and oxygen atoms in total. The molecule has 0 saturated heterocycles. The summed E-state index contributed by atoms with van der Waals surface area (Å²) in [5, 5.41) is 0.524. The third-order valence-corrected chi connectivity index (χ3v) is 4.18. The lowest BCUT2D eigenvalue weighted by Crippen LogP contribution is -2.08. The Morgan fingerprint density at radius 3 is 2.90 bits per heavy atom. The fraction of sp³-hybridized carbons (Fsp3) is 0.188. The average Bonchev–Trinajstić information content (AvgIpc) is 2.86. The monoisotopic (exact) mass is 365 g/mol. The Morgan fingerprint density at radius 2 is 2.14 bits per heavy atom. The Bertz CT molecular complexity index is 730. The number of hydrogen-bond donors (Lipinski definition) is 1. The van der Waals surface area contributed by atoms with Crippen molar-refractivity contribution < 1.29 is 9.53 Å². The zero-order valence-corrected chi connectivity index (χ0v) is 13.5. The molecule has 0 aromatic heterocycles. The van der Waals surface area contributed by atoms with Gasteiger partial charge in [0.1, 0.15) is 5.75 Å². The number of rotatable bonds is 3. The highest BCUT2D eigenvalue weighted by atomic mass is 79.9. The van der Waals surface area contributed by atoms with Crippen molar-refractivity contribution in [1.82, 2.24) is 0 Å². The maximum Gasteiger partial charge on any atom is 0.169 e. The van der Waals surface area contributed by atoms with Crippen molar-refractivity contribution in [3.05, 3.63) is 56.5 Å².